The van der Waals surface area contributed by atoms with Crippen molar-refractivity contribution in [1.29, 1.82) is 0 Å². The predicted octanol–water partition coefficient (Wildman–Crippen LogP) is 5.39. The first-order valence-corrected chi connectivity index (χ1v) is 12.4. The lowest BCUT2D eigenvalue weighted by atomic mass is 9.80. The van der Waals surface area contributed by atoms with Crippen LogP contribution < -0.4 is 10.2 Å². The first-order chi connectivity index (χ1) is 17.3. The summed E-state index contributed by atoms with van der Waals surface area (Å²) < 4.78 is 0. The van der Waals surface area contributed by atoms with Crippen LogP contribution in [-0.4, -0.2) is 42.2 Å². The van der Waals surface area contributed by atoms with Crippen molar-refractivity contribution >= 4 is 34.5 Å². The van der Waals surface area contributed by atoms with Gasteiger partial charge in [-0.3, -0.25) is 14.6 Å². The fourth-order valence-electron chi connectivity index (χ4n) is 4.64. The molecule has 186 valence electrons. The van der Waals surface area contributed by atoms with Gasteiger partial charge >= 0.3 is 0 Å². The van der Waals surface area contributed by atoms with Crippen molar-refractivity contribution < 1.29 is 14.7 Å². The standard InChI is InChI=1S/C30H33N3O3/c1-5-33(14-15-34)22-12-13-26(21(4)17-22)31-28-18-25(29(35)24-9-7-6-8-23(24)28)30(36)32-27-16-19(2)10-11-20(27)3/h6-13,16-17,25,34H,5,14-15,18H2,1-4H3,(H,32,36). The number of aliphatic hydroxyl groups excluding tert-OH is 1. The molecule has 0 saturated heterocycles. The second kappa shape index (κ2) is 10.9. The number of likely N-dealkylation sites (N-methyl/N-ethyl adjacent to an activating group) is 1. The second-order valence-electron chi connectivity index (χ2n) is 9.31. The molecule has 1 aliphatic rings. The summed E-state index contributed by atoms with van der Waals surface area (Å²) in [7, 11) is 0. The van der Waals surface area contributed by atoms with E-state index < -0.39 is 5.92 Å². The Balaban J connectivity index is 1.68. The van der Waals surface area contributed by atoms with Gasteiger partial charge in [0.1, 0.15) is 5.92 Å². The van der Waals surface area contributed by atoms with E-state index in [0.29, 0.717) is 12.1 Å². The molecular formula is C30H33N3O3. The molecule has 36 heavy (non-hydrogen) atoms. The number of hydrogen-bond acceptors (Lipinski definition) is 5. The van der Waals surface area contributed by atoms with Crippen molar-refractivity contribution in [1.82, 2.24) is 0 Å². The highest BCUT2D eigenvalue weighted by Crippen LogP contribution is 2.32. The summed E-state index contributed by atoms with van der Waals surface area (Å²) >= 11 is 0. The molecule has 0 fully saturated rings. The topological polar surface area (TPSA) is 82.0 Å². The first-order valence-electron chi connectivity index (χ1n) is 12.4. The number of benzene rings is 3. The lowest BCUT2D eigenvalue weighted by Gasteiger charge is -2.25. The summed E-state index contributed by atoms with van der Waals surface area (Å²) in [6, 6.07) is 19.3. The molecule has 0 spiro atoms. The number of nitrogens with one attached hydrogen (secondary N) is 1. The van der Waals surface area contributed by atoms with Crippen molar-refractivity contribution in [2.75, 3.05) is 29.9 Å². The molecule has 4 rings (SSSR count). The maximum atomic E-state index is 13.3. The van der Waals surface area contributed by atoms with E-state index in [2.05, 4.69) is 23.2 Å². The number of hydrogen-bond donors (Lipinski definition) is 2. The van der Waals surface area contributed by atoms with Crippen LogP contribution in [0.1, 0.15) is 46.0 Å². The number of carbonyl (C=O) groups excluding carboxylic acids is 2. The molecule has 0 radical (unpaired) electrons. The zero-order valence-corrected chi connectivity index (χ0v) is 21.3. The van der Waals surface area contributed by atoms with Gasteiger partial charge in [0.15, 0.2) is 5.78 Å². The van der Waals surface area contributed by atoms with Crippen molar-refractivity contribution in [3.05, 3.63) is 88.5 Å². The lowest BCUT2D eigenvalue weighted by Crippen LogP contribution is -2.36. The van der Waals surface area contributed by atoms with Gasteiger partial charge in [-0.25, -0.2) is 0 Å². The maximum absolute atomic E-state index is 13.3. The number of anilines is 2. The number of rotatable bonds is 7. The molecule has 0 saturated carbocycles. The van der Waals surface area contributed by atoms with Crippen LogP contribution in [0.3, 0.4) is 0 Å². The minimum Gasteiger partial charge on any atom is -0.395 e. The third kappa shape index (κ3) is 5.24. The Kier molecular flexibility index (Phi) is 7.65. The summed E-state index contributed by atoms with van der Waals surface area (Å²) in [6.07, 6.45) is 0.235. The Labute approximate surface area is 212 Å². The van der Waals surface area contributed by atoms with Gasteiger partial charge in [-0.05, 0) is 68.7 Å². The fourth-order valence-corrected chi connectivity index (χ4v) is 4.64. The highest BCUT2D eigenvalue weighted by Gasteiger charge is 2.36. The Hall–Kier alpha value is -3.77. The molecule has 2 N–H and O–H groups in total. The average molecular weight is 484 g/mol. The molecule has 1 aliphatic carbocycles. The number of aliphatic hydroxyl groups is 1. The minimum atomic E-state index is -0.849. The molecule has 3 aromatic carbocycles. The van der Waals surface area contributed by atoms with Gasteiger partial charge in [0.2, 0.25) is 5.91 Å². The predicted molar refractivity (Wildman–Crippen MR) is 146 cm³/mol. The monoisotopic (exact) mass is 483 g/mol. The number of ketones is 1. The van der Waals surface area contributed by atoms with E-state index in [9.17, 15) is 14.7 Å². The number of fused-ring (bicyclic) bond motifs is 1. The Morgan fingerprint density at radius 2 is 1.78 bits per heavy atom. The van der Waals surface area contributed by atoms with Crippen LogP contribution in [0.25, 0.3) is 0 Å². The van der Waals surface area contributed by atoms with Gasteiger partial charge in [0.25, 0.3) is 0 Å². The molecular weight excluding hydrogens is 450 g/mol. The number of carbonyl (C=O) groups is 2. The van der Waals surface area contributed by atoms with E-state index >= 15 is 0 Å². The number of aryl methyl sites for hydroxylation is 3. The summed E-state index contributed by atoms with van der Waals surface area (Å²) in [5.41, 5.74) is 7.55. The summed E-state index contributed by atoms with van der Waals surface area (Å²) in [5.74, 6) is -1.34. The van der Waals surface area contributed by atoms with Crippen LogP contribution >= 0.6 is 0 Å². The van der Waals surface area contributed by atoms with E-state index in [1.165, 1.54) is 0 Å². The average Bonchev–Trinajstić information content (AvgIpc) is 2.87. The van der Waals surface area contributed by atoms with Gasteiger partial charge in [0.05, 0.1) is 18.0 Å². The fraction of sp³-hybridized carbons (Fsp3) is 0.300. The van der Waals surface area contributed by atoms with Gasteiger partial charge in [-0.15, -0.1) is 0 Å². The molecule has 1 atom stereocenters. The molecule has 1 unspecified atom stereocenters. The molecule has 1 amide bonds. The van der Waals surface area contributed by atoms with Crippen molar-refractivity contribution in [3.63, 3.8) is 0 Å². The lowest BCUT2D eigenvalue weighted by molar-refractivity contribution is -0.118. The maximum Gasteiger partial charge on any atom is 0.235 e. The van der Waals surface area contributed by atoms with Crippen LogP contribution in [0.15, 0.2) is 65.7 Å². The van der Waals surface area contributed by atoms with Crippen molar-refractivity contribution in [3.8, 4) is 0 Å². The molecule has 0 aromatic heterocycles. The number of amides is 1. The minimum absolute atomic E-state index is 0.0906. The van der Waals surface area contributed by atoms with Gasteiger partial charge in [-0.1, -0.05) is 36.4 Å². The van der Waals surface area contributed by atoms with E-state index in [1.54, 1.807) is 6.07 Å². The molecule has 3 aromatic rings. The number of Topliss-reactive ketones (excluding diaryl/α,β-unsaturated/α-hetero) is 1. The summed E-state index contributed by atoms with van der Waals surface area (Å²) in [6.45, 7) is 9.41. The molecule has 0 heterocycles. The Bertz CT molecular complexity index is 1330. The Morgan fingerprint density at radius 1 is 1.03 bits per heavy atom. The van der Waals surface area contributed by atoms with E-state index in [4.69, 9.17) is 4.99 Å². The van der Waals surface area contributed by atoms with E-state index in [1.807, 2.05) is 69.3 Å². The Morgan fingerprint density at radius 3 is 2.47 bits per heavy atom. The normalized spacial score (nSPS) is 16.1. The van der Waals surface area contributed by atoms with Crippen LogP contribution in [0.2, 0.25) is 0 Å². The van der Waals surface area contributed by atoms with E-state index in [0.717, 1.165) is 51.6 Å². The zero-order chi connectivity index (χ0) is 25.8. The summed E-state index contributed by atoms with van der Waals surface area (Å²) in [5, 5.41) is 12.3. The number of nitrogens with zero attached hydrogens (tertiary/aromatic N) is 2. The van der Waals surface area contributed by atoms with Gasteiger partial charge in [0, 0.05) is 42.0 Å². The van der Waals surface area contributed by atoms with Crippen molar-refractivity contribution in [2.45, 2.75) is 34.1 Å². The highest BCUT2D eigenvalue weighted by atomic mass is 16.3. The van der Waals surface area contributed by atoms with Crippen LogP contribution in [0.5, 0.6) is 0 Å². The molecule has 0 aliphatic heterocycles. The molecule has 6 heteroatoms. The second-order valence-corrected chi connectivity index (χ2v) is 9.31. The SMILES string of the molecule is CCN(CCO)c1ccc(N=C2CC(C(=O)Nc3cc(C)ccc3C)C(=O)c3ccccc32)c(C)c1. The van der Waals surface area contributed by atoms with Crippen molar-refractivity contribution in [2.24, 2.45) is 10.9 Å². The van der Waals surface area contributed by atoms with Crippen LogP contribution in [0, 0.1) is 26.7 Å². The van der Waals surface area contributed by atoms with E-state index in [-0.39, 0.29) is 24.7 Å². The third-order valence-electron chi connectivity index (χ3n) is 6.74. The molecule has 6 nitrogen and oxygen atoms in total. The third-order valence-corrected chi connectivity index (χ3v) is 6.74. The molecule has 0 bridgehead atoms. The van der Waals surface area contributed by atoms with Crippen LogP contribution in [0.4, 0.5) is 17.1 Å². The first kappa shape index (κ1) is 25.3. The quantitative estimate of drug-likeness (QED) is 0.441. The summed E-state index contributed by atoms with van der Waals surface area (Å²) in [4.78, 5) is 33.7. The van der Waals surface area contributed by atoms with Crippen LogP contribution in [-0.2, 0) is 4.79 Å². The number of aliphatic imine (C=N–C) groups is 1. The largest absolute Gasteiger partial charge is 0.395 e. The zero-order valence-electron chi connectivity index (χ0n) is 21.3. The van der Waals surface area contributed by atoms with Gasteiger partial charge < -0.3 is 15.3 Å². The van der Waals surface area contributed by atoms with Gasteiger partial charge in [-0.2, -0.15) is 0 Å². The highest BCUT2D eigenvalue weighted by molar-refractivity contribution is 6.24. The smallest absolute Gasteiger partial charge is 0.235 e.